The number of imidazole rings is 1. The van der Waals surface area contributed by atoms with Crippen molar-refractivity contribution >= 4 is 45.7 Å². The highest BCUT2D eigenvalue weighted by Gasteiger charge is 2.55. The molecule has 0 bridgehead atoms. The molecule has 3 aliphatic rings. The van der Waals surface area contributed by atoms with Gasteiger partial charge < -0.3 is 14.4 Å². The largest absolute Gasteiger partial charge is 0.304 e. The number of aromatic nitrogens is 2. The van der Waals surface area contributed by atoms with Gasteiger partial charge in [-0.2, -0.15) is 0 Å². The Morgan fingerprint density at radius 2 is 1.05 bits per heavy atom. The molecular formula is C38H42N6. The first-order chi connectivity index (χ1) is 20.9. The van der Waals surface area contributed by atoms with Gasteiger partial charge in [0.1, 0.15) is 0 Å². The highest BCUT2D eigenvalue weighted by atomic mass is 15.5. The summed E-state index contributed by atoms with van der Waals surface area (Å²) in [5.74, 6) is 2.06. The first-order valence-corrected chi connectivity index (χ1v) is 15.6. The fourth-order valence-electron chi connectivity index (χ4n) is 6.83. The average Bonchev–Trinajstić information content (AvgIpc) is 3.63. The van der Waals surface area contributed by atoms with Crippen LogP contribution >= 0.6 is 0 Å². The molecule has 1 aromatic heterocycles. The normalized spacial score (nSPS) is 19.6. The van der Waals surface area contributed by atoms with Crippen LogP contribution in [0.15, 0.2) is 114 Å². The first kappa shape index (κ1) is 28.2. The van der Waals surface area contributed by atoms with E-state index >= 15 is 0 Å². The molecule has 0 N–H and O–H groups in total. The summed E-state index contributed by atoms with van der Waals surface area (Å²) in [6, 6.07) is 38.0. The molecular weight excluding hydrogens is 540 g/mol. The standard InChI is InChI=1S/2C19H21N3/c1-18(2)19(3,4)22-16-13-9-8-12-15(16)21(17(22)20-18)14-10-6-5-7-11-14;1-18(2)19(3,4)22-16-13-9-8-12-15(16)20-17(22)21(18)14-10-6-5-7-11-14/h2*5-13H,1-4H3. The van der Waals surface area contributed by atoms with Crippen LogP contribution in [0, 0.1) is 0 Å². The number of para-hydroxylation sites is 6. The predicted molar refractivity (Wildman–Crippen MR) is 185 cm³/mol. The Bertz CT molecular complexity index is 1880. The van der Waals surface area contributed by atoms with Crippen molar-refractivity contribution in [2.45, 2.75) is 77.5 Å². The van der Waals surface area contributed by atoms with Gasteiger partial charge in [0.25, 0.3) is 0 Å². The summed E-state index contributed by atoms with van der Waals surface area (Å²) in [6.07, 6.45) is 0. The number of guanidine groups is 1. The fraction of sp³-hybridized carbons (Fsp3) is 0.316. The quantitative estimate of drug-likeness (QED) is 0.208. The van der Waals surface area contributed by atoms with Gasteiger partial charge in [-0.25, -0.2) is 9.98 Å². The molecule has 0 aliphatic carbocycles. The zero-order chi connectivity index (χ0) is 31.1. The Balaban J connectivity index is 0.000000142. The first-order valence-electron chi connectivity index (χ1n) is 15.6. The summed E-state index contributed by atoms with van der Waals surface area (Å²) in [7, 11) is 0. The Morgan fingerprint density at radius 3 is 1.70 bits per heavy atom. The molecule has 0 fully saturated rings. The lowest BCUT2D eigenvalue weighted by Crippen LogP contribution is -2.53. The highest BCUT2D eigenvalue weighted by Crippen LogP contribution is 2.52. The van der Waals surface area contributed by atoms with Gasteiger partial charge in [0, 0.05) is 11.4 Å². The van der Waals surface area contributed by atoms with Crippen molar-refractivity contribution in [3.8, 4) is 0 Å². The smallest absolute Gasteiger partial charge is 0.212 e. The molecule has 4 heterocycles. The molecule has 0 atom stereocenters. The minimum atomic E-state index is -0.136. The van der Waals surface area contributed by atoms with Crippen LogP contribution in [-0.2, 0) is 5.54 Å². The summed E-state index contributed by atoms with van der Waals surface area (Å²) in [5, 5.41) is 0. The Kier molecular flexibility index (Phi) is 6.06. The lowest BCUT2D eigenvalue weighted by Gasteiger charge is -2.41. The van der Waals surface area contributed by atoms with Crippen molar-refractivity contribution in [1.82, 2.24) is 9.55 Å². The number of nitrogens with zero attached hydrogens (tertiary/aromatic N) is 6. The van der Waals surface area contributed by atoms with Crippen LogP contribution in [0.3, 0.4) is 0 Å². The molecule has 5 aromatic rings. The topological polar surface area (TPSA) is 39.9 Å². The van der Waals surface area contributed by atoms with E-state index < -0.39 is 0 Å². The molecule has 0 radical (unpaired) electrons. The molecule has 8 rings (SSSR count). The maximum absolute atomic E-state index is 5.08. The Hall–Kier alpha value is -4.58. The van der Waals surface area contributed by atoms with Crippen molar-refractivity contribution in [1.29, 1.82) is 0 Å². The maximum Gasteiger partial charge on any atom is 0.212 e. The number of rotatable bonds is 2. The van der Waals surface area contributed by atoms with Gasteiger partial charge >= 0.3 is 0 Å². The number of fused-ring (bicyclic) bond motifs is 6. The van der Waals surface area contributed by atoms with Crippen LogP contribution in [0.5, 0.6) is 0 Å². The second-order valence-corrected chi connectivity index (χ2v) is 14.0. The van der Waals surface area contributed by atoms with Crippen LogP contribution in [0.25, 0.3) is 11.0 Å². The van der Waals surface area contributed by atoms with E-state index in [2.05, 4.69) is 178 Å². The lowest BCUT2D eigenvalue weighted by atomic mass is 9.82. The fourth-order valence-corrected chi connectivity index (χ4v) is 6.83. The molecule has 6 nitrogen and oxygen atoms in total. The maximum atomic E-state index is 5.08. The third-order valence-electron chi connectivity index (χ3n) is 10.6. The number of aliphatic imine (C=N–C) groups is 1. The highest BCUT2D eigenvalue weighted by molar-refractivity contribution is 6.22. The van der Waals surface area contributed by atoms with Gasteiger partial charge in [0.05, 0.1) is 44.6 Å². The zero-order valence-electron chi connectivity index (χ0n) is 27.1. The van der Waals surface area contributed by atoms with Gasteiger partial charge in [0.15, 0.2) is 0 Å². The van der Waals surface area contributed by atoms with Crippen molar-refractivity contribution in [3.63, 3.8) is 0 Å². The SMILES string of the molecule is CC1(C)N(c2ccccc2)c2nc3ccccc3n2C1(C)C.CC1(C)N=C2N(c3ccccc3)c3ccccc3N2C1(C)C. The molecule has 0 saturated heterocycles. The monoisotopic (exact) mass is 582 g/mol. The summed E-state index contributed by atoms with van der Waals surface area (Å²) in [4.78, 5) is 17.0. The molecule has 0 amide bonds. The summed E-state index contributed by atoms with van der Waals surface area (Å²) < 4.78 is 2.38. The molecule has 3 aliphatic heterocycles. The molecule has 0 unspecified atom stereocenters. The Labute approximate surface area is 261 Å². The number of anilines is 5. The van der Waals surface area contributed by atoms with E-state index in [1.54, 1.807) is 0 Å². The third-order valence-corrected chi connectivity index (χ3v) is 10.6. The van der Waals surface area contributed by atoms with E-state index in [9.17, 15) is 0 Å². The molecule has 6 heteroatoms. The van der Waals surface area contributed by atoms with Gasteiger partial charge in [-0.05, 0) is 104 Å². The molecule has 0 spiro atoms. The van der Waals surface area contributed by atoms with Gasteiger partial charge in [0.2, 0.25) is 11.9 Å². The van der Waals surface area contributed by atoms with Crippen LogP contribution in [-0.4, -0.2) is 32.1 Å². The van der Waals surface area contributed by atoms with E-state index in [0.29, 0.717) is 0 Å². The third kappa shape index (κ3) is 3.79. The van der Waals surface area contributed by atoms with Gasteiger partial charge in [-0.1, -0.05) is 60.7 Å². The number of benzene rings is 4. The van der Waals surface area contributed by atoms with E-state index in [-0.39, 0.29) is 22.2 Å². The minimum Gasteiger partial charge on any atom is -0.304 e. The van der Waals surface area contributed by atoms with E-state index in [0.717, 1.165) is 23.1 Å². The molecule has 4 aromatic carbocycles. The van der Waals surface area contributed by atoms with E-state index in [4.69, 9.17) is 9.98 Å². The van der Waals surface area contributed by atoms with Crippen molar-refractivity contribution in [3.05, 3.63) is 109 Å². The summed E-state index contributed by atoms with van der Waals surface area (Å²) >= 11 is 0. The molecule has 224 valence electrons. The number of hydrogen-bond donors (Lipinski definition) is 0. The van der Waals surface area contributed by atoms with Crippen LogP contribution in [0.1, 0.15) is 55.4 Å². The Morgan fingerprint density at radius 1 is 0.500 bits per heavy atom. The second-order valence-electron chi connectivity index (χ2n) is 14.0. The van der Waals surface area contributed by atoms with Crippen LogP contribution in [0.4, 0.5) is 28.7 Å². The molecule has 0 saturated carbocycles. The average molecular weight is 583 g/mol. The second kappa shape index (κ2) is 9.46. The van der Waals surface area contributed by atoms with Crippen LogP contribution < -0.4 is 14.7 Å². The van der Waals surface area contributed by atoms with Crippen LogP contribution in [0.2, 0.25) is 0 Å². The van der Waals surface area contributed by atoms with Crippen molar-refractivity contribution in [2.24, 2.45) is 4.99 Å². The zero-order valence-corrected chi connectivity index (χ0v) is 27.1. The summed E-state index contributed by atoms with van der Waals surface area (Å²) in [6.45, 7) is 18.2. The molecule has 44 heavy (non-hydrogen) atoms. The van der Waals surface area contributed by atoms with Gasteiger partial charge in [-0.15, -0.1) is 0 Å². The predicted octanol–water partition coefficient (Wildman–Crippen LogP) is 9.27. The van der Waals surface area contributed by atoms with Crippen molar-refractivity contribution < 1.29 is 0 Å². The van der Waals surface area contributed by atoms with Gasteiger partial charge in [-0.3, -0.25) is 4.90 Å². The minimum absolute atomic E-state index is 0.0612. The van der Waals surface area contributed by atoms with E-state index in [1.165, 1.54) is 22.6 Å². The van der Waals surface area contributed by atoms with Crippen molar-refractivity contribution in [2.75, 3.05) is 14.7 Å². The summed E-state index contributed by atoms with van der Waals surface area (Å²) in [5.41, 5.74) is 6.71. The lowest BCUT2D eigenvalue weighted by molar-refractivity contribution is 0.253. The number of hydrogen-bond acceptors (Lipinski definition) is 5. The van der Waals surface area contributed by atoms with E-state index in [1.807, 2.05) is 6.07 Å².